The molecule has 0 saturated carbocycles. The topological polar surface area (TPSA) is 49.3 Å². The Hall–Kier alpha value is -1.01. The van der Waals surface area contributed by atoms with Gasteiger partial charge in [0.1, 0.15) is 6.10 Å². The number of aliphatic hydroxyl groups excluding tert-OH is 1. The molecule has 0 spiro atoms. The lowest BCUT2D eigenvalue weighted by Gasteiger charge is -2.36. The van der Waals surface area contributed by atoms with Crippen LogP contribution in [0.3, 0.4) is 0 Å². The third-order valence-corrected chi connectivity index (χ3v) is 2.50. The van der Waals surface area contributed by atoms with Gasteiger partial charge in [0, 0.05) is 6.92 Å². The van der Waals surface area contributed by atoms with Gasteiger partial charge in [0.15, 0.2) is 0 Å². The summed E-state index contributed by atoms with van der Waals surface area (Å²) in [5.74, 6) is 2.17. The van der Waals surface area contributed by atoms with E-state index in [0.29, 0.717) is 12.8 Å². The molecule has 0 bridgehead atoms. The van der Waals surface area contributed by atoms with E-state index >= 15 is 0 Å². The highest BCUT2D eigenvalue weighted by Crippen LogP contribution is 2.23. The number of amides is 1. The van der Waals surface area contributed by atoms with Crippen LogP contribution in [0.1, 0.15) is 46.5 Å². The summed E-state index contributed by atoms with van der Waals surface area (Å²) in [7, 11) is 0. The Kier molecular flexibility index (Phi) is 6.03. The van der Waals surface area contributed by atoms with Crippen molar-refractivity contribution in [3.63, 3.8) is 0 Å². The molecular weight excluding hydrogens is 190 g/mol. The van der Waals surface area contributed by atoms with Crippen LogP contribution in [0.25, 0.3) is 0 Å². The number of rotatable bonds is 6. The lowest BCUT2D eigenvalue weighted by Crippen LogP contribution is -2.55. The lowest BCUT2D eigenvalue weighted by atomic mass is 9.83. The number of hydrogen-bond acceptors (Lipinski definition) is 2. The largest absolute Gasteiger partial charge is 0.378 e. The molecule has 86 valence electrons. The van der Waals surface area contributed by atoms with Crippen molar-refractivity contribution < 1.29 is 9.90 Å². The number of terminal acetylenes is 1. The number of aliphatic hydroxyl groups is 1. The molecule has 1 amide bonds. The zero-order chi connectivity index (χ0) is 11.9. The van der Waals surface area contributed by atoms with Gasteiger partial charge in [-0.15, -0.1) is 6.42 Å². The van der Waals surface area contributed by atoms with Gasteiger partial charge in [0.2, 0.25) is 5.91 Å². The lowest BCUT2D eigenvalue weighted by molar-refractivity contribution is -0.122. The average molecular weight is 211 g/mol. The van der Waals surface area contributed by atoms with Crippen molar-refractivity contribution in [3.05, 3.63) is 0 Å². The molecule has 0 heterocycles. The smallest absolute Gasteiger partial charge is 0.217 e. The predicted octanol–water partition coefficient (Wildman–Crippen LogP) is 1.46. The number of carbonyl (C=O) groups is 1. The summed E-state index contributed by atoms with van der Waals surface area (Å²) in [4.78, 5) is 11.1. The molecule has 0 fully saturated rings. The SMILES string of the molecule is C#C[C@H](O)C(CCC)(CCC)NC(C)=O. The molecular formula is C12H21NO2. The first-order valence-electron chi connectivity index (χ1n) is 5.45. The number of carbonyl (C=O) groups excluding carboxylic acids is 1. The Balaban J connectivity index is 4.88. The molecule has 0 radical (unpaired) electrons. The Morgan fingerprint density at radius 2 is 1.93 bits per heavy atom. The van der Waals surface area contributed by atoms with E-state index in [4.69, 9.17) is 6.42 Å². The fourth-order valence-corrected chi connectivity index (χ4v) is 1.99. The summed E-state index contributed by atoms with van der Waals surface area (Å²) < 4.78 is 0. The molecule has 15 heavy (non-hydrogen) atoms. The zero-order valence-electron chi connectivity index (χ0n) is 9.84. The van der Waals surface area contributed by atoms with Crippen LogP contribution in [0.5, 0.6) is 0 Å². The molecule has 1 atom stereocenters. The maximum atomic E-state index is 11.1. The highest BCUT2D eigenvalue weighted by atomic mass is 16.3. The van der Waals surface area contributed by atoms with Crippen LogP contribution >= 0.6 is 0 Å². The van der Waals surface area contributed by atoms with Gasteiger partial charge in [0.05, 0.1) is 5.54 Å². The highest BCUT2D eigenvalue weighted by Gasteiger charge is 2.35. The van der Waals surface area contributed by atoms with E-state index in [2.05, 4.69) is 11.2 Å². The van der Waals surface area contributed by atoms with Crippen LogP contribution in [0.4, 0.5) is 0 Å². The van der Waals surface area contributed by atoms with Crippen molar-refractivity contribution in [1.29, 1.82) is 0 Å². The van der Waals surface area contributed by atoms with Gasteiger partial charge in [-0.1, -0.05) is 32.6 Å². The van der Waals surface area contributed by atoms with E-state index in [-0.39, 0.29) is 5.91 Å². The Labute approximate surface area is 92.3 Å². The molecule has 3 nitrogen and oxygen atoms in total. The first-order valence-corrected chi connectivity index (χ1v) is 5.45. The van der Waals surface area contributed by atoms with Crippen LogP contribution in [-0.4, -0.2) is 22.7 Å². The maximum absolute atomic E-state index is 11.1. The summed E-state index contributed by atoms with van der Waals surface area (Å²) in [5, 5.41) is 12.6. The van der Waals surface area contributed by atoms with Gasteiger partial charge < -0.3 is 10.4 Å². The summed E-state index contributed by atoms with van der Waals surface area (Å²) in [5.41, 5.74) is -0.649. The van der Waals surface area contributed by atoms with Crippen molar-refractivity contribution >= 4 is 5.91 Å². The number of nitrogens with one attached hydrogen (secondary N) is 1. The fraction of sp³-hybridized carbons (Fsp3) is 0.750. The van der Waals surface area contributed by atoms with Crippen molar-refractivity contribution in [2.75, 3.05) is 0 Å². The molecule has 0 aliphatic rings. The predicted molar refractivity (Wildman–Crippen MR) is 61.2 cm³/mol. The van der Waals surface area contributed by atoms with Gasteiger partial charge in [-0.05, 0) is 12.8 Å². The fourth-order valence-electron chi connectivity index (χ4n) is 1.99. The molecule has 3 heteroatoms. The van der Waals surface area contributed by atoms with Crippen molar-refractivity contribution in [2.24, 2.45) is 0 Å². The third-order valence-electron chi connectivity index (χ3n) is 2.50. The van der Waals surface area contributed by atoms with Gasteiger partial charge in [0.25, 0.3) is 0 Å². The quantitative estimate of drug-likeness (QED) is 0.653. The highest BCUT2D eigenvalue weighted by molar-refractivity contribution is 5.74. The van der Waals surface area contributed by atoms with E-state index in [1.807, 2.05) is 13.8 Å². The second kappa shape index (κ2) is 6.47. The average Bonchev–Trinajstić information content (AvgIpc) is 2.16. The van der Waals surface area contributed by atoms with Crippen LogP contribution < -0.4 is 5.32 Å². The minimum absolute atomic E-state index is 0.147. The zero-order valence-corrected chi connectivity index (χ0v) is 9.84. The molecule has 0 aliphatic heterocycles. The molecule has 0 aromatic heterocycles. The standard InChI is InChI=1S/C12H21NO2/c1-5-8-12(9-6-2,11(15)7-3)13-10(4)14/h3,11,15H,5-6,8-9H2,1-2,4H3,(H,13,14)/t11-/m0/s1. The van der Waals surface area contributed by atoms with Crippen LogP contribution in [-0.2, 0) is 4.79 Å². The summed E-state index contributed by atoms with van der Waals surface area (Å²) in [6.07, 6.45) is 7.48. The minimum atomic E-state index is -0.915. The maximum Gasteiger partial charge on any atom is 0.217 e. The molecule has 0 rings (SSSR count). The Bertz CT molecular complexity index is 236. The Morgan fingerprint density at radius 1 is 1.47 bits per heavy atom. The van der Waals surface area contributed by atoms with E-state index in [0.717, 1.165) is 12.8 Å². The Morgan fingerprint density at radius 3 is 2.20 bits per heavy atom. The normalized spacial score (nSPS) is 13.0. The number of hydrogen-bond donors (Lipinski definition) is 2. The molecule has 0 aliphatic carbocycles. The van der Waals surface area contributed by atoms with E-state index in [1.165, 1.54) is 6.92 Å². The summed E-state index contributed by atoms with van der Waals surface area (Å²) in [6.45, 7) is 5.47. The van der Waals surface area contributed by atoms with Gasteiger partial charge >= 0.3 is 0 Å². The minimum Gasteiger partial charge on any atom is -0.378 e. The molecule has 2 N–H and O–H groups in total. The van der Waals surface area contributed by atoms with Crippen LogP contribution in [0.2, 0.25) is 0 Å². The molecule has 0 unspecified atom stereocenters. The third kappa shape index (κ3) is 3.93. The van der Waals surface area contributed by atoms with Crippen LogP contribution in [0.15, 0.2) is 0 Å². The summed E-state index contributed by atoms with van der Waals surface area (Å²) >= 11 is 0. The van der Waals surface area contributed by atoms with Crippen molar-refractivity contribution in [1.82, 2.24) is 5.32 Å². The van der Waals surface area contributed by atoms with Gasteiger partial charge in [-0.2, -0.15) is 0 Å². The first-order chi connectivity index (χ1) is 7.02. The van der Waals surface area contributed by atoms with E-state index in [9.17, 15) is 9.90 Å². The molecule has 0 aromatic carbocycles. The molecule has 0 aromatic rings. The van der Waals surface area contributed by atoms with Crippen LogP contribution in [0, 0.1) is 12.3 Å². The van der Waals surface area contributed by atoms with E-state index in [1.54, 1.807) is 0 Å². The van der Waals surface area contributed by atoms with Gasteiger partial charge in [-0.25, -0.2) is 0 Å². The summed E-state index contributed by atoms with van der Waals surface area (Å²) in [6, 6.07) is 0. The van der Waals surface area contributed by atoms with Crippen molar-refractivity contribution in [2.45, 2.75) is 58.1 Å². The van der Waals surface area contributed by atoms with Crippen molar-refractivity contribution in [3.8, 4) is 12.3 Å². The second-order valence-electron chi connectivity index (χ2n) is 3.91. The van der Waals surface area contributed by atoms with Gasteiger partial charge in [-0.3, -0.25) is 4.79 Å². The first kappa shape index (κ1) is 14.0. The monoisotopic (exact) mass is 211 g/mol. The molecule has 0 saturated heterocycles. The second-order valence-corrected chi connectivity index (χ2v) is 3.91. The van der Waals surface area contributed by atoms with E-state index < -0.39 is 11.6 Å².